The Kier molecular flexibility index (Phi) is 5.09. The average Bonchev–Trinajstić information content (AvgIpc) is 2.85. The third-order valence-corrected chi connectivity index (χ3v) is 5.38. The van der Waals surface area contributed by atoms with Crippen LogP contribution in [0.3, 0.4) is 0 Å². The summed E-state index contributed by atoms with van der Waals surface area (Å²) < 4.78 is 0. The number of thioether (sulfide) groups is 1. The molecule has 1 aromatic rings. The van der Waals surface area contributed by atoms with E-state index in [1.807, 2.05) is 4.90 Å². The smallest absolute Gasteiger partial charge is 0.232 e. The Balaban J connectivity index is 1.77. The Morgan fingerprint density at radius 1 is 1.67 bits per heavy atom. The van der Waals surface area contributed by atoms with E-state index in [0.29, 0.717) is 5.75 Å². The molecule has 2 heterocycles. The van der Waals surface area contributed by atoms with Gasteiger partial charge in [-0.3, -0.25) is 4.79 Å². The van der Waals surface area contributed by atoms with Crippen molar-refractivity contribution in [2.45, 2.75) is 32.4 Å². The van der Waals surface area contributed by atoms with E-state index in [1.54, 1.807) is 23.1 Å². The van der Waals surface area contributed by atoms with E-state index in [2.05, 4.69) is 18.4 Å². The number of hydrogen-bond donors (Lipinski definition) is 1. The van der Waals surface area contributed by atoms with Gasteiger partial charge in [0.05, 0.1) is 5.75 Å². The molecule has 3 nitrogen and oxygen atoms in total. The highest BCUT2D eigenvalue weighted by atomic mass is 32.2. The molecule has 1 aromatic heterocycles. The van der Waals surface area contributed by atoms with Gasteiger partial charge in [-0.2, -0.15) is 11.8 Å². The molecule has 2 N–H and O–H groups in total. The zero-order valence-corrected chi connectivity index (χ0v) is 12.4. The maximum absolute atomic E-state index is 12.1. The second-order valence-corrected chi connectivity index (χ2v) is 6.65. The van der Waals surface area contributed by atoms with E-state index >= 15 is 0 Å². The van der Waals surface area contributed by atoms with E-state index in [9.17, 15) is 4.79 Å². The Labute approximate surface area is 117 Å². The normalized spacial score (nSPS) is 16.4. The number of amides is 1. The molecule has 5 heteroatoms. The predicted octanol–water partition coefficient (Wildman–Crippen LogP) is 2.10. The van der Waals surface area contributed by atoms with Crippen LogP contribution >= 0.6 is 23.1 Å². The van der Waals surface area contributed by atoms with Crippen LogP contribution in [0.1, 0.15) is 23.8 Å². The van der Waals surface area contributed by atoms with Gasteiger partial charge < -0.3 is 10.6 Å². The third-order valence-electron chi connectivity index (χ3n) is 3.24. The van der Waals surface area contributed by atoms with Crippen LogP contribution in [-0.4, -0.2) is 34.9 Å². The van der Waals surface area contributed by atoms with Gasteiger partial charge in [-0.25, -0.2) is 0 Å². The van der Waals surface area contributed by atoms with Gasteiger partial charge in [0.2, 0.25) is 5.91 Å². The molecule has 0 fully saturated rings. The molecule has 1 aliphatic heterocycles. The fraction of sp³-hybridized carbons (Fsp3) is 0.615. The van der Waals surface area contributed by atoms with E-state index in [4.69, 9.17) is 5.73 Å². The van der Waals surface area contributed by atoms with Crippen molar-refractivity contribution in [3.05, 3.63) is 21.9 Å². The molecule has 0 spiro atoms. The summed E-state index contributed by atoms with van der Waals surface area (Å²) in [6.45, 7) is 3.74. The minimum Gasteiger partial charge on any atom is -0.337 e. The van der Waals surface area contributed by atoms with E-state index in [0.717, 1.165) is 31.7 Å². The number of nitrogens with zero attached hydrogens (tertiary/aromatic N) is 1. The second kappa shape index (κ2) is 6.59. The maximum atomic E-state index is 12.1. The molecule has 0 saturated heterocycles. The minimum absolute atomic E-state index is 0.215. The summed E-state index contributed by atoms with van der Waals surface area (Å²) in [5.74, 6) is 1.69. The first-order chi connectivity index (χ1) is 8.70. The van der Waals surface area contributed by atoms with Crippen LogP contribution in [0.4, 0.5) is 0 Å². The number of fused-ring (bicyclic) bond motifs is 1. The summed E-state index contributed by atoms with van der Waals surface area (Å²) in [6.07, 6.45) is 1.99. The summed E-state index contributed by atoms with van der Waals surface area (Å²) in [4.78, 5) is 15.5. The summed E-state index contributed by atoms with van der Waals surface area (Å²) >= 11 is 3.46. The van der Waals surface area contributed by atoms with Gasteiger partial charge in [-0.1, -0.05) is 6.92 Å². The predicted molar refractivity (Wildman–Crippen MR) is 79.0 cm³/mol. The lowest BCUT2D eigenvalue weighted by atomic mass is 10.1. The van der Waals surface area contributed by atoms with E-state index in [-0.39, 0.29) is 11.9 Å². The highest BCUT2D eigenvalue weighted by molar-refractivity contribution is 7.99. The fourth-order valence-electron chi connectivity index (χ4n) is 1.97. The number of hydrogen-bond acceptors (Lipinski definition) is 4. The Morgan fingerprint density at radius 2 is 2.50 bits per heavy atom. The molecule has 1 aliphatic rings. The molecule has 0 bridgehead atoms. The topological polar surface area (TPSA) is 46.3 Å². The van der Waals surface area contributed by atoms with Crippen LogP contribution in [-0.2, 0) is 17.8 Å². The third kappa shape index (κ3) is 3.49. The second-order valence-electron chi connectivity index (χ2n) is 4.62. The van der Waals surface area contributed by atoms with Gasteiger partial charge in [0, 0.05) is 29.8 Å². The number of carbonyl (C=O) groups excluding carboxylic acids is 1. The van der Waals surface area contributed by atoms with Gasteiger partial charge in [-0.05, 0) is 29.9 Å². The van der Waals surface area contributed by atoms with Crippen LogP contribution < -0.4 is 5.73 Å². The van der Waals surface area contributed by atoms with Crippen LogP contribution in [0.2, 0.25) is 0 Å². The van der Waals surface area contributed by atoms with Crippen LogP contribution in [0.25, 0.3) is 0 Å². The average molecular weight is 284 g/mol. The van der Waals surface area contributed by atoms with Crippen molar-refractivity contribution in [1.29, 1.82) is 0 Å². The Hall–Kier alpha value is -0.520. The molecule has 18 heavy (non-hydrogen) atoms. The maximum Gasteiger partial charge on any atom is 0.232 e. The molecular weight excluding hydrogens is 264 g/mol. The molecule has 0 aliphatic carbocycles. The lowest BCUT2D eigenvalue weighted by Crippen LogP contribution is -2.36. The highest BCUT2D eigenvalue weighted by Crippen LogP contribution is 2.24. The highest BCUT2D eigenvalue weighted by Gasteiger charge is 2.21. The lowest BCUT2D eigenvalue weighted by Gasteiger charge is -2.27. The van der Waals surface area contributed by atoms with Gasteiger partial charge in [0.25, 0.3) is 0 Å². The molecule has 0 radical (unpaired) electrons. The Bertz CT molecular complexity index is 405. The number of rotatable bonds is 5. The van der Waals surface area contributed by atoms with E-state index < -0.39 is 0 Å². The SMILES string of the molecule is CCC(N)CSCC(=O)N1CCc2sccc2C1. The van der Waals surface area contributed by atoms with Crippen LogP contribution in [0, 0.1) is 0 Å². The Morgan fingerprint density at radius 3 is 3.28 bits per heavy atom. The van der Waals surface area contributed by atoms with Crippen LogP contribution in [0.15, 0.2) is 11.4 Å². The van der Waals surface area contributed by atoms with Crippen molar-refractivity contribution in [3.8, 4) is 0 Å². The monoisotopic (exact) mass is 284 g/mol. The van der Waals surface area contributed by atoms with Crippen molar-refractivity contribution in [1.82, 2.24) is 4.90 Å². The van der Waals surface area contributed by atoms with Crippen molar-refractivity contribution < 1.29 is 4.79 Å². The minimum atomic E-state index is 0.215. The first kappa shape index (κ1) is 13.9. The summed E-state index contributed by atoms with van der Waals surface area (Å²) in [6, 6.07) is 2.35. The molecule has 100 valence electrons. The van der Waals surface area contributed by atoms with Crippen molar-refractivity contribution in [2.75, 3.05) is 18.1 Å². The molecule has 2 rings (SSSR count). The van der Waals surface area contributed by atoms with Crippen LogP contribution in [0.5, 0.6) is 0 Å². The number of carbonyl (C=O) groups is 1. The fourth-order valence-corrected chi connectivity index (χ4v) is 3.87. The zero-order valence-electron chi connectivity index (χ0n) is 10.7. The largest absolute Gasteiger partial charge is 0.337 e. The van der Waals surface area contributed by atoms with Gasteiger partial charge in [-0.15, -0.1) is 11.3 Å². The zero-order chi connectivity index (χ0) is 13.0. The van der Waals surface area contributed by atoms with Crippen molar-refractivity contribution in [3.63, 3.8) is 0 Å². The first-order valence-electron chi connectivity index (χ1n) is 6.37. The van der Waals surface area contributed by atoms with E-state index in [1.165, 1.54) is 10.4 Å². The quantitative estimate of drug-likeness (QED) is 0.901. The summed E-state index contributed by atoms with van der Waals surface area (Å²) in [7, 11) is 0. The lowest BCUT2D eigenvalue weighted by molar-refractivity contribution is -0.129. The molecule has 0 saturated carbocycles. The molecule has 1 unspecified atom stereocenters. The molecule has 0 aromatic carbocycles. The van der Waals surface area contributed by atoms with Crippen molar-refractivity contribution in [2.24, 2.45) is 5.73 Å². The van der Waals surface area contributed by atoms with Crippen molar-refractivity contribution >= 4 is 29.0 Å². The first-order valence-corrected chi connectivity index (χ1v) is 8.40. The van der Waals surface area contributed by atoms with Gasteiger partial charge in [0.1, 0.15) is 0 Å². The summed E-state index contributed by atoms with van der Waals surface area (Å²) in [5.41, 5.74) is 7.17. The molecule has 1 atom stereocenters. The molecule has 1 amide bonds. The summed E-state index contributed by atoms with van der Waals surface area (Å²) in [5, 5.41) is 2.12. The standard InChI is InChI=1S/C13H20N2OS2/c1-2-11(14)8-17-9-13(16)15-5-3-12-10(7-15)4-6-18-12/h4,6,11H,2-3,5,7-9,14H2,1H3. The number of nitrogens with two attached hydrogens (primary N) is 1. The number of thiophene rings is 1. The van der Waals surface area contributed by atoms with Gasteiger partial charge >= 0.3 is 0 Å². The van der Waals surface area contributed by atoms with Gasteiger partial charge in [0.15, 0.2) is 0 Å². The molecular formula is C13H20N2OS2.